The highest BCUT2D eigenvalue weighted by Gasteiger charge is 2.35. The number of carbonyl (C=O) groups excluding carboxylic acids is 1. The summed E-state index contributed by atoms with van der Waals surface area (Å²) in [6.07, 6.45) is -9.66. The average Bonchev–Trinajstić information content (AvgIpc) is 2.51. The van der Waals surface area contributed by atoms with Gasteiger partial charge in [-0.05, 0) is 18.2 Å². The Morgan fingerprint density at radius 2 is 1.52 bits per heavy atom. The molecule has 0 aliphatic rings. The number of amides is 1. The third-order valence-electron chi connectivity index (χ3n) is 3.11. The summed E-state index contributed by atoms with van der Waals surface area (Å²) >= 11 is 0. The maximum atomic E-state index is 12.9. The molecule has 1 N–H and O–H groups in total. The standard InChI is InChI=1S/C16H11F6NO2/c17-15(18,19)12-7-3-2-6-11(12)14(24)23-9-10-5-1-4-8-13(10)25-16(20,21)22/h1-8H,9H2,(H,23,24). The van der Waals surface area contributed by atoms with Gasteiger partial charge in [-0.25, -0.2) is 0 Å². The zero-order valence-electron chi connectivity index (χ0n) is 12.4. The van der Waals surface area contributed by atoms with Gasteiger partial charge in [0.15, 0.2) is 0 Å². The minimum absolute atomic E-state index is 0.0299. The predicted octanol–water partition coefficient (Wildman–Crippen LogP) is 4.53. The van der Waals surface area contributed by atoms with Crippen molar-refractivity contribution < 1.29 is 35.9 Å². The molecule has 0 atom stereocenters. The highest BCUT2D eigenvalue weighted by molar-refractivity contribution is 5.95. The highest BCUT2D eigenvalue weighted by atomic mass is 19.4. The van der Waals surface area contributed by atoms with Gasteiger partial charge in [-0.2, -0.15) is 13.2 Å². The number of nitrogens with one attached hydrogen (secondary N) is 1. The average molecular weight is 363 g/mol. The Bertz CT molecular complexity index is 755. The molecule has 25 heavy (non-hydrogen) atoms. The van der Waals surface area contributed by atoms with Gasteiger partial charge in [0, 0.05) is 12.1 Å². The smallest absolute Gasteiger partial charge is 0.405 e. The summed E-state index contributed by atoms with van der Waals surface area (Å²) in [7, 11) is 0. The first-order chi connectivity index (χ1) is 11.6. The number of halogens is 6. The first-order valence-electron chi connectivity index (χ1n) is 6.86. The molecule has 0 radical (unpaired) electrons. The summed E-state index contributed by atoms with van der Waals surface area (Å²) in [5.41, 5.74) is -1.78. The summed E-state index contributed by atoms with van der Waals surface area (Å²) < 4.78 is 79.5. The molecule has 0 saturated heterocycles. The number of benzene rings is 2. The number of carbonyl (C=O) groups is 1. The molecular formula is C16H11F6NO2. The van der Waals surface area contributed by atoms with E-state index in [-0.39, 0.29) is 5.56 Å². The van der Waals surface area contributed by atoms with Crippen LogP contribution >= 0.6 is 0 Å². The normalized spacial score (nSPS) is 11.9. The second kappa shape index (κ2) is 7.04. The monoisotopic (exact) mass is 363 g/mol. The minimum Gasteiger partial charge on any atom is -0.405 e. The van der Waals surface area contributed by atoms with E-state index >= 15 is 0 Å². The van der Waals surface area contributed by atoms with Crippen LogP contribution < -0.4 is 10.1 Å². The van der Waals surface area contributed by atoms with Crippen LogP contribution in [0.2, 0.25) is 0 Å². The van der Waals surface area contributed by atoms with Crippen LogP contribution in [0.25, 0.3) is 0 Å². The summed E-state index contributed by atoms with van der Waals surface area (Å²) in [6.45, 7) is -0.433. The van der Waals surface area contributed by atoms with Crippen LogP contribution in [-0.4, -0.2) is 12.3 Å². The summed E-state index contributed by atoms with van der Waals surface area (Å²) in [4.78, 5) is 12.0. The van der Waals surface area contributed by atoms with Crippen molar-refractivity contribution in [1.29, 1.82) is 0 Å². The number of ether oxygens (including phenoxy) is 1. The molecule has 2 aromatic carbocycles. The lowest BCUT2D eigenvalue weighted by atomic mass is 10.1. The second-order valence-electron chi connectivity index (χ2n) is 4.88. The molecule has 0 saturated carbocycles. The molecule has 0 aromatic heterocycles. The van der Waals surface area contributed by atoms with Gasteiger partial charge in [-0.1, -0.05) is 30.3 Å². The molecule has 0 bridgehead atoms. The van der Waals surface area contributed by atoms with Crippen LogP contribution in [0.5, 0.6) is 5.75 Å². The van der Waals surface area contributed by atoms with Gasteiger partial charge < -0.3 is 10.1 Å². The topological polar surface area (TPSA) is 38.3 Å². The molecule has 3 nitrogen and oxygen atoms in total. The van der Waals surface area contributed by atoms with Crippen molar-refractivity contribution in [3.63, 3.8) is 0 Å². The van der Waals surface area contributed by atoms with Crippen molar-refractivity contribution in [2.24, 2.45) is 0 Å². The molecule has 0 spiro atoms. The van der Waals surface area contributed by atoms with E-state index in [1.165, 1.54) is 24.3 Å². The van der Waals surface area contributed by atoms with Crippen molar-refractivity contribution in [1.82, 2.24) is 5.32 Å². The van der Waals surface area contributed by atoms with Gasteiger partial charge in [0.2, 0.25) is 0 Å². The van der Waals surface area contributed by atoms with E-state index in [1.54, 1.807) is 0 Å². The lowest BCUT2D eigenvalue weighted by Gasteiger charge is -2.15. The molecule has 0 aliphatic heterocycles. The lowest BCUT2D eigenvalue weighted by Crippen LogP contribution is -2.26. The molecule has 1 amide bonds. The van der Waals surface area contributed by atoms with E-state index in [9.17, 15) is 31.1 Å². The molecule has 134 valence electrons. The van der Waals surface area contributed by atoms with E-state index in [0.29, 0.717) is 0 Å². The Hall–Kier alpha value is -2.71. The van der Waals surface area contributed by atoms with Gasteiger partial charge in [-0.3, -0.25) is 4.79 Å². The van der Waals surface area contributed by atoms with Crippen LogP contribution in [0.4, 0.5) is 26.3 Å². The largest absolute Gasteiger partial charge is 0.573 e. The Morgan fingerprint density at radius 1 is 0.920 bits per heavy atom. The zero-order valence-corrected chi connectivity index (χ0v) is 12.4. The van der Waals surface area contributed by atoms with E-state index in [2.05, 4.69) is 10.1 Å². The molecular weight excluding hydrogens is 352 g/mol. The number of hydrogen-bond acceptors (Lipinski definition) is 2. The Labute approximate surface area is 138 Å². The van der Waals surface area contributed by atoms with Gasteiger partial charge in [-0.15, -0.1) is 13.2 Å². The fourth-order valence-corrected chi connectivity index (χ4v) is 2.07. The number of hydrogen-bond donors (Lipinski definition) is 1. The van der Waals surface area contributed by atoms with E-state index in [4.69, 9.17) is 0 Å². The second-order valence-corrected chi connectivity index (χ2v) is 4.88. The zero-order chi connectivity index (χ0) is 18.7. The summed E-state index contributed by atoms with van der Waals surface area (Å²) in [5.74, 6) is -1.60. The maximum absolute atomic E-state index is 12.9. The van der Waals surface area contributed by atoms with Crippen LogP contribution in [0.3, 0.4) is 0 Å². The molecule has 2 rings (SSSR count). The van der Waals surface area contributed by atoms with Gasteiger partial charge in [0.05, 0.1) is 11.1 Å². The summed E-state index contributed by atoms with van der Waals surface area (Å²) in [5, 5.41) is 2.17. The Kier molecular flexibility index (Phi) is 5.24. The third-order valence-corrected chi connectivity index (χ3v) is 3.11. The fourth-order valence-electron chi connectivity index (χ4n) is 2.07. The quantitative estimate of drug-likeness (QED) is 0.811. The lowest BCUT2D eigenvalue weighted by molar-refractivity contribution is -0.274. The predicted molar refractivity (Wildman–Crippen MR) is 75.7 cm³/mol. The van der Waals surface area contributed by atoms with E-state index < -0.39 is 41.9 Å². The van der Waals surface area contributed by atoms with Gasteiger partial charge >= 0.3 is 12.5 Å². The van der Waals surface area contributed by atoms with Crippen LogP contribution in [-0.2, 0) is 12.7 Å². The first kappa shape index (κ1) is 18.6. The van der Waals surface area contributed by atoms with Crippen LogP contribution in [0.15, 0.2) is 48.5 Å². The Morgan fingerprint density at radius 3 is 2.16 bits per heavy atom. The summed E-state index contributed by atoms with van der Waals surface area (Å²) in [6, 6.07) is 9.12. The third kappa shape index (κ3) is 5.13. The fraction of sp³-hybridized carbons (Fsp3) is 0.188. The Balaban J connectivity index is 2.17. The SMILES string of the molecule is O=C(NCc1ccccc1OC(F)(F)F)c1ccccc1C(F)(F)F. The number of para-hydroxylation sites is 1. The van der Waals surface area contributed by atoms with Crippen LogP contribution in [0.1, 0.15) is 21.5 Å². The molecule has 9 heteroatoms. The highest BCUT2D eigenvalue weighted by Crippen LogP contribution is 2.32. The van der Waals surface area contributed by atoms with E-state index in [1.807, 2.05) is 0 Å². The van der Waals surface area contributed by atoms with E-state index in [0.717, 1.165) is 24.3 Å². The first-order valence-corrected chi connectivity index (χ1v) is 6.86. The minimum atomic E-state index is -4.93. The molecule has 0 heterocycles. The van der Waals surface area contributed by atoms with Crippen molar-refractivity contribution in [2.45, 2.75) is 19.1 Å². The number of alkyl halides is 6. The molecule has 0 fully saturated rings. The van der Waals surface area contributed by atoms with Crippen LogP contribution in [0, 0.1) is 0 Å². The van der Waals surface area contributed by atoms with Gasteiger partial charge in [0.1, 0.15) is 5.75 Å². The molecule has 2 aromatic rings. The van der Waals surface area contributed by atoms with Crippen molar-refractivity contribution in [3.8, 4) is 5.75 Å². The van der Waals surface area contributed by atoms with Gasteiger partial charge in [0.25, 0.3) is 5.91 Å². The molecule has 0 unspecified atom stereocenters. The van der Waals surface area contributed by atoms with Crippen molar-refractivity contribution in [2.75, 3.05) is 0 Å². The van der Waals surface area contributed by atoms with Crippen molar-refractivity contribution >= 4 is 5.91 Å². The van der Waals surface area contributed by atoms with Crippen molar-refractivity contribution in [3.05, 3.63) is 65.2 Å². The maximum Gasteiger partial charge on any atom is 0.573 e. The molecule has 0 aliphatic carbocycles. The number of rotatable bonds is 4.